The van der Waals surface area contributed by atoms with Crippen LogP contribution in [0.5, 0.6) is 0 Å². The quantitative estimate of drug-likeness (QED) is 0.0200. The number of ether oxygens (including phenoxy) is 20. The fourth-order valence-corrected chi connectivity index (χ4v) is 11.7. The second-order valence-corrected chi connectivity index (χ2v) is 29.4. The zero-order chi connectivity index (χ0) is 99.2. The zero-order valence-electron chi connectivity index (χ0n) is 78.5. The summed E-state index contributed by atoms with van der Waals surface area (Å²) in [6.07, 6.45) is 3.34. The van der Waals surface area contributed by atoms with Crippen LogP contribution in [-0.4, -0.2) is 456 Å². The number of carboxylic acid groups (broad SMARTS) is 2. The highest BCUT2D eigenvalue weighted by Gasteiger charge is 2.50. The molecule has 4 atom stereocenters. The van der Waals surface area contributed by atoms with Crippen LogP contribution in [0.4, 0.5) is 0 Å². The van der Waals surface area contributed by atoms with Crippen LogP contribution >= 0.6 is 0 Å². The number of unbranched alkanes of at least 4 members (excludes halogenated alkanes) is 2. The molecule has 14 amide bonds. The number of aliphatic carboxylic acids is 2. The number of carboxylic acids is 2. The van der Waals surface area contributed by atoms with Crippen molar-refractivity contribution in [3.05, 3.63) is 24.3 Å². The maximum absolute atomic E-state index is 14.4. The number of imide groups is 2. The number of hydrogen-bond acceptors (Lipinski definition) is 36. The van der Waals surface area contributed by atoms with Crippen molar-refractivity contribution in [2.24, 2.45) is 0 Å². The van der Waals surface area contributed by atoms with E-state index in [-0.39, 0.29) is 156 Å². The lowest BCUT2D eigenvalue weighted by Gasteiger charge is -2.35. The van der Waals surface area contributed by atoms with Gasteiger partial charge in [-0.25, -0.2) is 0 Å². The predicted octanol–water partition coefficient (Wildman–Crippen LogP) is -5.30. The van der Waals surface area contributed by atoms with Gasteiger partial charge in [0, 0.05) is 103 Å². The molecule has 0 spiro atoms. The molecule has 0 fully saturated rings. The van der Waals surface area contributed by atoms with Crippen molar-refractivity contribution >= 4 is 94.6 Å². The highest BCUT2D eigenvalue weighted by Crippen LogP contribution is 2.22. The minimum atomic E-state index is -2.23. The lowest BCUT2D eigenvalue weighted by molar-refractivity contribution is -0.156. The summed E-state index contributed by atoms with van der Waals surface area (Å²) in [5.41, 5.74) is 0. The van der Waals surface area contributed by atoms with E-state index in [9.17, 15) is 76.7 Å². The van der Waals surface area contributed by atoms with E-state index in [2.05, 4.69) is 53.2 Å². The minimum absolute atomic E-state index is 0.0467. The van der Waals surface area contributed by atoms with Gasteiger partial charge < -0.3 is 158 Å². The van der Waals surface area contributed by atoms with Crippen molar-refractivity contribution in [1.82, 2.24) is 63.0 Å². The first-order chi connectivity index (χ1) is 66.1. The van der Waals surface area contributed by atoms with E-state index in [4.69, 9.17) is 105 Å². The molecule has 0 bridgehead atoms. The van der Waals surface area contributed by atoms with Gasteiger partial charge in [-0.1, -0.05) is 0 Å². The summed E-state index contributed by atoms with van der Waals surface area (Å²) >= 11 is 0. The molecule has 0 saturated carbocycles. The van der Waals surface area contributed by atoms with Crippen LogP contribution in [0.3, 0.4) is 0 Å². The molecule has 136 heavy (non-hydrogen) atoms. The molecule has 0 aliphatic carbocycles. The van der Waals surface area contributed by atoms with Gasteiger partial charge in [-0.05, 0) is 64.2 Å². The number of amides is 14. The Bertz CT molecular complexity index is 3160. The molecule has 2 aliphatic heterocycles. The molecule has 0 aromatic heterocycles. The molecule has 4 unspecified atom stereocenters. The summed E-state index contributed by atoms with van der Waals surface area (Å²) in [5.74, 6) is -14.1. The van der Waals surface area contributed by atoms with E-state index in [1.165, 1.54) is 0 Å². The Morgan fingerprint density at radius 1 is 0.250 bits per heavy atom. The van der Waals surface area contributed by atoms with Crippen LogP contribution in [0, 0.1) is 0 Å². The smallest absolute Gasteiger partial charge is 0.322 e. The average Bonchev–Trinajstić information content (AvgIpc) is 1.61. The van der Waals surface area contributed by atoms with Crippen LogP contribution in [0.2, 0.25) is 0 Å². The van der Waals surface area contributed by atoms with E-state index in [0.717, 1.165) is 24.3 Å². The third kappa shape index (κ3) is 68.6. The Morgan fingerprint density at radius 2 is 0.456 bits per heavy atom. The first-order valence-electron chi connectivity index (χ1n) is 45.8. The van der Waals surface area contributed by atoms with Crippen molar-refractivity contribution in [2.75, 3.05) is 318 Å². The van der Waals surface area contributed by atoms with E-state index in [1.54, 1.807) is 14.2 Å². The van der Waals surface area contributed by atoms with Gasteiger partial charge in [0.25, 0.3) is 23.6 Å². The van der Waals surface area contributed by atoms with Crippen LogP contribution in [0.15, 0.2) is 24.3 Å². The Morgan fingerprint density at radius 3 is 0.684 bits per heavy atom. The van der Waals surface area contributed by atoms with E-state index >= 15 is 0 Å². The summed E-state index contributed by atoms with van der Waals surface area (Å²) in [5, 5.41) is 43.1. The molecule has 2 aliphatic rings. The van der Waals surface area contributed by atoms with Crippen LogP contribution in [0.1, 0.15) is 89.9 Å². The highest BCUT2D eigenvalue weighted by atomic mass is 16.6. The van der Waals surface area contributed by atoms with Gasteiger partial charge in [0.15, 0.2) is 0 Å². The SMILES string of the molecule is COCCOCCOCCOCCOCCOCCOCCOCCOCCOCC(=O)NCCCCC(NC(=O)CCCNC(=O)C(C(C(=O)NCCCC(=O)NC(CCCCNC(=O)COCCOCCOCCOCCOCCOCCOCCOCCOCCOC)C(=O)NCCCC(=O)NCC(=O)O)N1C(=O)C=CC1=O)N1C(=O)C=CC1=O)C(=O)NCCCC(=O)NCC(=O)O. The summed E-state index contributed by atoms with van der Waals surface area (Å²) in [6.45, 7) is 11.7. The molecule has 0 aromatic rings. The number of carbonyl (C=O) groups is 16. The number of hydrogen-bond donors (Lipinski definition) is 12. The summed E-state index contributed by atoms with van der Waals surface area (Å²) in [7, 11) is 3.23. The second kappa shape index (κ2) is 86.0. The lowest BCUT2D eigenvalue weighted by atomic mass is 10.0. The fourth-order valence-electron chi connectivity index (χ4n) is 11.7. The second-order valence-electron chi connectivity index (χ2n) is 29.4. The molecule has 2 heterocycles. The third-order valence-corrected chi connectivity index (χ3v) is 18.5. The van der Waals surface area contributed by atoms with Gasteiger partial charge in [0.05, 0.1) is 238 Å². The largest absolute Gasteiger partial charge is 0.480 e. The molecule has 778 valence electrons. The van der Waals surface area contributed by atoms with Crippen LogP contribution in [0.25, 0.3) is 0 Å². The maximum atomic E-state index is 14.4. The maximum Gasteiger partial charge on any atom is 0.322 e. The topological polar surface area (TPSA) is 625 Å². The van der Waals surface area contributed by atoms with Crippen LogP contribution < -0.4 is 53.2 Å². The van der Waals surface area contributed by atoms with Gasteiger partial charge in [-0.3, -0.25) is 86.5 Å². The minimum Gasteiger partial charge on any atom is -0.480 e. The molecule has 0 saturated heterocycles. The van der Waals surface area contributed by atoms with Gasteiger partial charge in [0.2, 0.25) is 59.1 Å². The van der Waals surface area contributed by atoms with Crippen molar-refractivity contribution in [1.29, 1.82) is 0 Å². The van der Waals surface area contributed by atoms with E-state index in [1.807, 2.05) is 0 Å². The van der Waals surface area contributed by atoms with E-state index in [0.29, 0.717) is 221 Å². The zero-order valence-corrected chi connectivity index (χ0v) is 78.5. The molecule has 50 nitrogen and oxygen atoms in total. The number of carbonyl (C=O) groups excluding carboxylic acids is 14. The van der Waals surface area contributed by atoms with Crippen molar-refractivity contribution in [3.8, 4) is 0 Å². The van der Waals surface area contributed by atoms with Crippen molar-refractivity contribution in [3.63, 3.8) is 0 Å². The number of rotatable bonds is 97. The molecule has 12 N–H and O–H groups in total. The first kappa shape index (κ1) is 123. The predicted molar refractivity (Wildman–Crippen MR) is 476 cm³/mol. The first-order valence-corrected chi connectivity index (χ1v) is 45.8. The summed E-state index contributed by atoms with van der Waals surface area (Å²) in [4.78, 5) is 208. The normalized spacial score (nSPS) is 13.2. The Kier molecular flexibility index (Phi) is 77.5. The summed E-state index contributed by atoms with van der Waals surface area (Å²) < 4.78 is 108. The Labute approximate surface area is 792 Å². The molecular weight excluding hydrogens is 1810 g/mol. The average molecular weight is 1960 g/mol. The van der Waals surface area contributed by atoms with Gasteiger partial charge in [0.1, 0.15) is 50.5 Å². The fraction of sp³-hybridized carbons (Fsp3) is 0.767. The molecular formula is C86H146N12O38. The number of nitrogens with one attached hydrogen (secondary N) is 10. The summed E-state index contributed by atoms with van der Waals surface area (Å²) in [6, 6.07) is -6.80. The number of nitrogens with zero attached hydrogens (tertiary/aromatic N) is 2. The molecule has 50 heteroatoms. The van der Waals surface area contributed by atoms with Gasteiger partial charge >= 0.3 is 11.9 Å². The Hall–Kier alpha value is -9.40. The van der Waals surface area contributed by atoms with Gasteiger partial charge in [-0.2, -0.15) is 0 Å². The molecule has 2 rings (SSSR count). The number of methoxy groups -OCH3 is 2. The highest BCUT2D eigenvalue weighted by molar-refractivity contribution is 6.19. The van der Waals surface area contributed by atoms with E-state index < -0.39 is 145 Å². The van der Waals surface area contributed by atoms with Gasteiger partial charge in [-0.15, -0.1) is 0 Å². The third-order valence-electron chi connectivity index (χ3n) is 18.5. The van der Waals surface area contributed by atoms with Crippen LogP contribution in [-0.2, 0) is 171 Å². The lowest BCUT2D eigenvalue weighted by Crippen LogP contribution is -2.66. The molecule has 0 aromatic carbocycles. The monoisotopic (exact) mass is 1950 g/mol. The van der Waals surface area contributed by atoms with Crippen molar-refractivity contribution in [2.45, 2.75) is 114 Å². The molecule has 0 radical (unpaired) electrons. The van der Waals surface area contributed by atoms with Crippen molar-refractivity contribution < 1.29 is 182 Å². The Balaban J connectivity index is 1.86. The standard InChI is InChI=1S/C86H146N12O38/c1-117-27-29-119-31-33-121-35-37-123-39-41-125-43-45-127-47-49-129-51-53-131-55-57-133-59-61-135-65-73(103)87-21-5-3-11-67(83(113)89-23-7-13-69(99)93-63-79(109)110)95-71(101)15-9-25-91-85(115)81(97-75(105)17-18-76(97)106)82(98-77(107)19-20-78(98)108)86(116)92-26-10-16-72(102)96-68(84(114)90-24-8-14-70(100)94-64-80(111)112)12-4-6-22-88-74(104)66-136-62-60-134-58-56-132-54-52-130-50-48-128-46-44-126-42-40-124-38-36-122-34-32-120-30-28-118-2/h17-20,67-68,81-82H,3-16,21-66H2,1-2H3,(H,87,103)(H,88,104)(H,89,113)(H,90,114)(H,91,115)(H,92,116)(H,93,99)(H,94,100)(H,95,101)(H,96,102)(H,109,110)(H,111,112).